The maximum atomic E-state index is 6.35. The third-order valence-corrected chi connectivity index (χ3v) is 7.32. The fourth-order valence-electron chi connectivity index (χ4n) is 5.52. The molecule has 1 aliphatic rings. The maximum absolute atomic E-state index is 6.35. The van der Waals surface area contributed by atoms with Gasteiger partial charge in [0.15, 0.2) is 0 Å². The van der Waals surface area contributed by atoms with Gasteiger partial charge < -0.3 is 9.72 Å². The molecular formula is C30H33ClN4O. The summed E-state index contributed by atoms with van der Waals surface area (Å²) in [6.07, 6.45) is 3.74. The smallest absolute Gasteiger partial charge is 0.127 e. The third-order valence-electron chi connectivity index (χ3n) is 7.07. The van der Waals surface area contributed by atoms with Crippen LogP contribution < -0.4 is 0 Å². The SMILES string of the molecule is Cc1cc(C)c(CN2CC(C)OC(C)C2c2nc(-c3ccncc3)c(-c3ccc(Cl)cc3)[nH]2)c(C)c1. The first-order valence-electron chi connectivity index (χ1n) is 12.5. The molecule has 2 aromatic heterocycles. The van der Waals surface area contributed by atoms with Gasteiger partial charge in [0.25, 0.3) is 0 Å². The van der Waals surface area contributed by atoms with Crippen LogP contribution in [0.15, 0.2) is 60.9 Å². The molecule has 1 saturated heterocycles. The molecule has 3 atom stereocenters. The first-order valence-corrected chi connectivity index (χ1v) is 12.9. The van der Waals surface area contributed by atoms with Crippen molar-refractivity contribution in [3.05, 3.63) is 94.0 Å². The van der Waals surface area contributed by atoms with Crippen LogP contribution in [0.5, 0.6) is 0 Å². The molecule has 4 aromatic rings. The molecule has 5 rings (SSSR count). The molecule has 0 bridgehead atoms. The number of halogens is 1. The topological polar surface area (TPSA) is 54.0 Å². The van der Waals surface area contributed by atoms with E-state index in [2.05, 4.69) is 61.6 Å². The minimum atomic E-state index is -0.0191. The van der Waals surface area contributed by atoms with E-state index in [-0.39, 0.29) is 18.2 Å². The standard InChI is InChI=1S/C30H33ClN4O/c1-18-14-19(2)26(20(3)15-18)17-35-16-21(4)36-22(5)29(35)30-33-27(23-6-8-25(31)9-7-23)28(34-30)24-10-12-32-13-11-24/h6-15,21-22,29H,16-17H2,1-5H3,(H,33,34). The number of rotatable bonds is 5. The molecule has 3 unspecified atom stereocenters. The predicted molar refractivity (Wildman–Crippen MR) is 146 cm³/mol. The van der Waals surface area contributed by atoms with Crippen molar-refractivity contribution in [1.82, 2.24) is 19.9 Å². The summed E-state index contributed by atoms with van der Waals surface area (Å²) in [6, 6.07) is 16.4. The highest BCUT2D eigenvalue weighted by Crippen LogP contribution is 2.37. The van der Waals surface area contributed by atoms with E-state index in [9.17, 15) is 0 Å². The van der Waals surface area contributed by atoms with Crippen LogP contribution in [0.3, 0.4) is 0 Å². The molecule has 0 aliphatic carbocycles. The van der Waals surface area contributed by atoms with Gasteiger partial charge >= 0.3 is 0 Å². The van der Waals surface area contributed by atoms with E-state index < -0.39 is 0 Å². The van der Waals surface area contributed by atoms with Crippen molar-refractivity contribution in [1.29, 1.82) is 0 Å². The molecular weight excluding hydrogens is 468 g/mol. The van der Waals surface area contributed by atoms with E-state index in [0.29, 0.717) is 5.02 Å². The first kappa shape index (κ1) is 24.7. The summed E-state index contributed by atoms with van der Waals surface area (Å²) < 4.78 is 6.35. The molecule has 5 nitrogen and oxygen atoms in total. The van der Waals surface area contributed by atoms with Crippen molar-refractivity contribution < 1.29 is 4.74 Å². The molecule has 0 saturated carbocycles. The van der Waals surface area contributed by atoms with E-state index in [1.165, 1.54) is 22.3 Å². The predicted octanol–water partition coefficient (Wildman–Crippen LogP) is 7.07. The van der Waals surface area contributed by atoms with Crippen LogP contribution in [-0.2, 0) is 11.3 Å². The van der Waals surface area contributed by atoms with Crippen LogP contribution >= 0.6 is 11.6 Å². The lowest BCUT2D eigenvalue weighted by molar-refractivity contribution is -0.111. The van der Waals surface area contributed by atoms with Gasteiger partial charge in [-0.15, -0.1) is 0 Å². The van der Waals surface area contributed by atoms with Gasteiger partial charge in [-0.05, 0) is 75.6 Å². The molecule has 0 radical (unpaired) electrons. The minimum absolute atomic E-state index is 0.0112. The van der Waals surface area contributed by atoms with E-state index in [1.54, 1.807) is 12.4 Å². The Morgan fingerprint density at radius 3 is 2.31 bits per heavy atom. The van der Waals surface area contributed by atoms with Gasteiger partial charge in [-0.1, -0.05) is 41.4 Å². The average molecular weight is 501 g/mol. The van der Waals surface area contributed by atoms with Crippen LogP contribution in [0.1, 0.15) is 48.0 Å². The average Bonchev–Trinajstić information content (AvgIpc) is 3.27. The third kappa shape index (κ3) is 4.96. The van der Waals surface area contributed by atoms with E-state index in [1.807, 2.05) is 36.4 Å². The van der Waals surface area contributed by atoms with Crippen LogP contribution in [-0.4, -0.2) is 38.6 Å². The van der Waals surface area contributed by atoms with E-state index in [4.69, 9.17) is 21.3 Å². The van der Waals surface area contributed by atoms with Crippen LogP contribution in [0.4, 0.5) is 0 Å². The van der Waals surface area contributed by atoms with Gasteiger partial charge in [0.05, 0.1) is 29.6 Å². The summed E-state index contributed by atoms with van der Waals surface area (Å²) in [7, 11) is 0. The second-order valence-electron chi connectivity index (χ2n) is 9.99. The number of aryl methyl sites for hydroxylation is 3. The summed E-state index contributed by atoms with van der Waals surface area (Å²) >= 11 is 6.19. The van der Waals surface area contributed by atoms with Gasteiger partial charge in [-0.2, -0.15) is 0 Å². The summed E-state index contributed by atoms with van der Waals surface area (Å²) in [5, 5.41) is 0.710. The van der Waals surface area contributed by atoms with Gasteiger partial charge in [0.1, 0.15) is 5.82 Å². The van der Waals surface area contributed by atoms with Gasteiger partial charge in [0, 0.05) is 41.6 Å². The Balaban J connectivity index is 1.59. The van der Waals surface area contributed by atoms with Crippen molar-refractivity contribution in [2.45, 2.75) is 59.4 Å². The highest BCUT2D eigenvalue weighted by atomic mass is 35.5. The number of nitrogens with one attached hydrogen (secondary N) is 1. The number of ether oxygens (including phenoxy) is 1. The zero-order valence-electron chi connectivity index (χ0n) is 21.5. The van der Waals surface area contributed by atoms with Crippen LogP contribution in [0, 0.1) is 20.8 Å². The van der Waals surface area contributed by atoms with E-state index >= 15 is 0 Å². The van der Waals surface area contributed by atoms with Gasteiger partial charge in [0.2, 0.25) is 0 Å². The van der Waals surface area contributed by atoms with Crippen molar-refractivity contribution in [3.8, 4) is 22.5 Å². The quantitative estimate of drug-likeness (QED) is 0.318. The van der Waals surface area contributed by atoms with Crippen LogP contribution in [0.2, 0.25) is 5.02 Å². The normalized spacial score (nSPS) is 20.6. The number of nitrogens with zero attached hydrogens (tertiary/aromatic N) is 3. The van der Waals surface area contributed by atoms with Gasteiger partial charge in [-0.3, -0.25) is 9.88 Å². The van der Waals surface area contributed by atoms with Crippen molar-refractivity contribution in [2.24, 2.45) is 0 Å². The number of imidazole rings is 1. The number of benzene rings is 2. The molecule has 0 spiro atoms. The number of pyridine rings is 1. The zero-order valence-corrected chi connectivity index (χ0v) is 22.3. The number of aromatic amines is 1. The number of H-pyrrole nitrogens is 1. The fraction of sp³-hybridized carbons (Fsp3) is 0.333. The Kier molecular flexibility index (Phi) is 6.98. The Labute approximate surface area is 218 Å². The lowest BCUT2D eigenvalue weighted by Gasteiger charge is -2.42. The molecule has 186 valence electrons. The zero-order chi connectivity index (χ0) is 25.4. The maximum Gasteiger partial charge on any atom is 0.127 e. The highest BCUT2D eigenvalue weighted by Gasteiger charge is 2.37. The Morgan fingerprint density at radius 2 is 1.64 bits per heavy atom. The molecule has 1 aliphatic heterocycles. The summed E-state index contributed by atoms with van der Waals surface area (Å²) in [6.45, 7) is 12.6. The molecule has 6 heteroatoms. The Bertz CT molecular complexity index is 1330. The number of morpholine rings is 1. The van der Waals surface area contributed by atoms with Crippen molar-refractivity contribution in [2.75, 3.05) is 6.54 Å². The summed E-state index contributed by atoms with van der Waals surface area (Å²) in [4.78, 5) is 15.6. The molecule has 1 N–H and O–H groups in total. The lowest BCUT2D eigenvalue weighted by Crippen LogP contribution is -2.48. The van der Waals surface area contributed by atoms with Gasteiger partial charge in [-0.25, -0.2) is 4.98 Å². The Morgan fingerprint density at radius 1 is 0.972 bits per heavy atom. The largest absolute Gasteiger partial charge is 0.372 e. The molecule has 0 amide bonds. The molecule has 1 fully saturated rings. The minimum Gasteiger partial charge on any atom is -0.372 e. The summed E-state index contributed by atoms with van der Waals surface area (Å²) in [5.74, 6) is 0.911. The van der Waals surface area contributed by atoms with E-state index in [0.717, 1.165) is 41.4 Å². The second-order valence-corrected chi connectivity index (χ2v) is 10.4. The summed E-state index contributed by atoms with van der Waals surface area (Å²) in [5.41, 5.74) is 9.28. The number of hydrogen-bond acceptors (Lipinski definition) is 4. The highest BCUT2D eigenvalue weighted by molar-refractivity contribution is 6.30. The fourth-order valence-corrected chi connectivity index (χ4v) is 5.65. The Hall–Kier alpha value is -2.99. The van der Waals surface area contributed by atoms with Crippen LogP contribution in [0.25, 0.3) is 22.5 Å². The second kappa shape index (κ2) is 10.2. The number of hydrogen-bond donors (Lipinski definition) is 1. The lowest BCUT2D eigenvalue weighted by atomic mass is 9.97. The first-order chi connectivity index (χ1) is 17.3. The molecule has 2 aromatic carbocycles. The molecule has 3 heterocycles. The molecule has 36 heavy (non-hydrogen) atoms. The monoisotopic (exact) mass is 500 g/mol. The van der Waals surface area contributed by atoms with Crippen molar-refractivity contribution in [3.63, 3.8) is 0 Å². The number of aromatic nitrogens is 3. The van der Waals surface area contributed by atoms with Crippen molar-refractivity contribution >= 4 is 11.6 Å².